The van der Waals surface area contributed by atoms with Gasteiger partial charge >= 0.3 is 0 Å². The van der Waals surface area contributed by atoms with E-state index in [1.165, 1.54) is 5.56 Å². The van der Waals surface area contributed by atoms with Gasteiger partial charge in [0.1, 0.15) is 11.8 Å². The van der Waals surface area contributed by atoms with Gasteiger partial charge in [-0.1, -0.05) is 23.7 Å². The molecule has 1 aromatic heterocycles. The zero-order chi connectivity index (χ0) is 14.7. The normalized spacial score (nSPS) is 12.2. The monoisotopic (exact) mass is 287 g/mol. The third-order valence-electron chi connectivity index (χ3n) is 3.72. The van der Waals surface area contributed by atoms with Gasteiger partial charge in [-0.25, -0.2) is 0 Å². The molecule has 3 nitrogen and oxygen atoms in total. The number of hydrogen-bond donors (Lipinski definition) is 1. The largest absolute Gasteiger partial charge is 0.340 e. The lowest BCUT2D eigenvalue weighted by molar-refractivity contribution is 0.572. The number of nitrogens with one attached hydrogen (secondary N) is 1. The highest BCUT2D eigenvalue weighted by molar-refractivity contribution is 6.30. The summed E-state index contributed by atoms with van der Waals surface area (Å²) < 4.78 is 1.92. The quantitative estimate of drug-likeness (QED) is 0.931. The predicted octanol–water partition coefficient (Wildman–Crippen LogP) is 3.71. The third-order valence-corrected chi connectivity index (χ3v) is 3.98. The van der Waals surface area contributed by atoms with Gasteiger partial charge in [0.25, 0.3) is 0 Å². The molecule has 0 saturated carbocycles. The number of hydrogen-bond acceptors (Lipinski definition) is 2. The van der Waals surface area contributed by atoms with E-state index in [1.54, 1.807) is 0 Å². The van der Waals surface area contributed by atoms with E-state index < -0.39 is 0 Å². The van der Waals surface area contributed by atoms with Crippen LogP contribution in [0.1, 0.15) is 35.5 Å². The second-order valence-electron chi connectivity index (χ2n) is 4.97. The summed E-state index contributed by atoms with van der Waals surface area (Å²) in [7, 11) is 1.92. The summed E-state index contributed by atoms with van der Waals surface area (Å²) in [6, 6.07) is 12.2. The average molecular weight is 288 g/mol. The molecule has 0 amide bonds. The Balaban J connectivity index is 2.05. The van der Waals surface area contributed by atoms with Gasteiger partial charge in [0.15, 0.2) is 0 Å². The molecule has 1 unspecified atom stereocenters. The van der Waals surface area contributed by atoms with E-state index in [2.05, 4.69) is 18.3 Å². The summed E-state index contributed by atoms with van der Waals surface area (Å²) in [5, 5.41) is 13.3. The van der Waals surface area contributed by atoms with Crippen molar-refractivity contribution in [3.63, 3.8) is 0 Å². The van der Waals surface area contributed by atoms with Gasteiger partial charge in [0.05, 0.1) is 0 Å². The molecular weight excluding hydrogens is 270 g/mol. The minimum atomic E-state index is 0.234. The van der Waals surface area contributed by atoms with E-state index in [0.29, 0.717) is 5.69 Å². The molecule has 1 heterocycles. The van der Waals surface area contributed by atoms with Crippen molar-refractivity contribution in [1.29, 1.82) is 5.26 Å². The summed E-state index contributed by atoms with van der Waals surface area (Å²) in [4.78, 5) is 0. The van der Waals surface area contributed by atoms with E-state index >= 15 is 0 Å². The van der Waals surface area contributed by atoms with Gasteiger partial charge in [-0.2, -0.15) is 5.26 Å². The molecule has 2 rings (SSSR count). The van der Waals surface area contributed by atoms with Crippen LogP contribution < -0.4 is 5.32 Å². The Hall–Kier alpha value is -1.76. The van der Waals surface area contributed by atoms with Crippen LogP contribution in [0.2, 0.25) is 5.02 Å². The van der Waals surface area contributed by atoms with E-state index in [0.717, 1.165) is 22.8 Å². The van der Waals surface area contributed by atoms with Crippen molar-refractivity contribution >= 4 is 11.6 Å². The Morgan fingerprint density at radius 1 is 1.35 bits per heavy atom. The lowest BCUT2D eigenvalue weighted by Crippen LogP contribution is -2.18. The Kier molecular flexibility index (Phi) is 4.49. The Labute approximate surface area is 124 Å². The molecule has 0 bridgehead atoms. The summed E-state index contributed by atoms with van der Waals surface area (Å²) in [5.74, 6) is 0. The molecule has 0 fully saturated rings. The summed E-state index contributed by atoms with van der Waals surface area (Å²) in [6.07, 6.45) is 0. The minimum absolute atomic E-state index is 0.234. The first-order valence-corrected chi connectivity index (χ1v) is 6.95. The van der Waals surface area contributed by atoms with Crippen LogP contribution in [-0.2, 0) is 13.6 Å². The molecule has 0 aliphatic carbocycles. The standard InChI is InChI=1S/C16H18ClN3/c1-11(13-4-6-15(17)7-5-13)19-10-14-8-16(9-18)20(3)12(14)2/h4-8,11,19H,10H2,1-3H3. The summed E-state index contributed by atoms with van der Waals surface area (Å²) in [5.41, 5.74) is 4.17. The van der Waals surface area contributed by atoms with Crippen molar-refractivity contribution in [1.82, 2.24) is 9.88 Å². The van der Waals surface area contributed by atoms with Crippen LogP contribution in [0.15, 0.2) is 30.3 Å². The highest BCUT2D eigenvalue weighted by atomic mass is 35.5. The van der Waals surface area contributed by atoms with Crippen molar-refractivity contribution in [3.05, 3.63) is 57.9 Å². The first kappa shape index (κ1) is 14.6. The van der Waals surface area contributed by atoms with Gasteiger partial charge in [-0.3, -0.25) is 0 Å². The van der Waals surface area contributed by atoms with Crippen molar-refractivity contribution in [2.75, 3.05) is 0 Å². The SMILES string of the molecule is Cc1c(CNC(C)c2ccc(Cl)cc2)cc(C#N)n1C. The molecule has 20 heavy (non-hydrogen) atoms. The number of nitriles is 1. The molecule has 4 heteroatoms. The molecule has 0 radical (unpaired) electrons. The van der Waals surface area contributed by atoms with Crippen molar-refractivity contribution in [3.8, 4) is 6.07 Å². The lowest BCUT2D eigenvalue weighted by Gasteiger charge is -2.14. The molecule has 1 N–H and O–H groups in total. The molecule has 1 aromatic carbocycles. The molecule has 0 saturated heterocycles. The lowest BCUT2D eigenvalue weighted by atomic mass is 10.1. The van der Waals surface area contributed by atoms with Gasteiger partial charge in [0.2, 0.25) is 0 Å². The van der Waals surface area contributed by atoms with Crippen LogP contribution in [0.5, 0.6) is 0 Å². The first-order valence-electron chi connectivity index (χ1n) is 6.57. The van der Waals surface area contributed by atoms with E-state index in [1.807, 2.05) is 48.9 Å². The second kappa shape index (κ2) is 6.13. The maximum Gasteiger partial charge on any atom is 0.120 e. The maximum atomic E-state index is 9.03. The number of halogens is 1. The van der Waals surface area contributed by atoms with Crippen molar-refractivity contribution in [2.45, 2.75) is 26.4 Å². The molecule has 2 aromatic rings. The smallest absolute Gasteiger partial charge is 0.120 e. The van der Waals surface area contributed by atoms with Crippen molar-refractivity contribution in [2.24, 2.45) is 7.05 Å². The maximum absolute atomic E-state index is 9.03. The fourth-order valence-corrected chi connectivity index (χ4v) is 2.31. The topological polar surface area (TPSA) is 40.8 Å². The van der Waals surface area contributed by atoms with Crippen LogP contribution in [0.3, 0.4) is 0 Å². The van der Waals surface area contributed by atoms with Crippen LogP contribution in [0, 0.1) is 18.3 Å². The third kappa shape index (κ3) is 3.04. The highest BCUT2D eigenvalue weighted by Gasteiger charge is 2.10. The van der Waals surface area contributed by atoms with Gasteiger partial charge in [-0.05, 0) is 43.2 Å². The fraction of sp³-hybridized carbons (Fsp3) is 0.312. The molecule has 104 valence electrons. The van der Waals surface area contributed by atoms with Crippen LogP contribution in [0.25, 0.3) is 0 Å². The number of rotatable bonds is 4. The average Bonchev–Trinajstić information content (AvgIpc) is 2.73. The van der Waals surface area contributed by atoms with Gasteiger partial charge in [0, 0.05) is 30.4 Å². The minimum Gasteiger partial charge on any atom is -0.340 e. The predicted molar refractivity (Wildman–Crippen MR) is 81.6 cm³/mol. The zero-order valence-electron chi connectivity index (χ0n) is 11.9. The second-order valence-corrected chi connectivity index (χ2v) is 5.40. The van der Waals surface area contributed by atoms with Crippen LogP contribution in [-0.4, -0.2) is 4.57 Å². The molecule has 0 aliphatic heterocycles. The summed E-state index contributed by atoms with van der Waals surface area (Å²) in [6.45, 7) is 4.89. The van der Waals surface area contributed by atoms with Crippen LogP contribution >= 0.6 is 11.6 Å². The number of nitrogens with zero attached hydrogens (tertiary/aromatic N) is 2. The molecule has 0 spiro atoms. The van der Waals surface area contributed by atoms with E-state index in [-0.39, 0.29) is 6.04 Å². The van der Waals surface area contributed by atoms with Crippen molar-refractivity contribution < 1.29 is 0 Å². The fourth-order valence-electron chi connectivity index (χ4n) is 2.18. The highest BCUT2D eigenvalue weighted by Crippen LogP contribution is 2.18. The zero-order valence-corrected chi connectivity index (χ0v) is 12.7. The van der Waals surface area contributed by atoms with Gasteiger partial charge in [-0.15, -0.1) is 0 Å². The summed E-state index contributed by atoms with van der Waals surface area (Å²) >= 11 is 5.89. The van der Waals surface area contributed by atoms with E-state index in [4.69, 9.17) is 16.9 Å². The van der Waals surface area contributed by atoms with Gasteiger partial charge < -0.3 is 9.88 Å². The Morgan fingerprint density at radius 3 is 2.55 bits per heavy atom. The van der Waals surface area contributed by atoms with Crippen LogP contribution in [0.4, 0.5) is 0 Å². The number of aromatic nitrogens is 1. The number of benzene rings is 1. The van der Waals surface area contributed by atoms with E-state index in [9.17, 15) is 0 Å². The first-order chi connectivity index (χ1) is 9.52. The molecular formula is C16H18ClN3. The molecule has 0 aliphatic rings. The molecule has 1 atom stereocenters. The Morgan fingerprint density at radius 2 is 2.00 bits per heavy atom. The Bertz CT molecular complexity index is 635.